The minimum absolute atomic E-state index is 0.0266. The number of rotatable bonds is 14. The molecule has 0 aliphatic rings. The third-order valence-corrected chi connectivity index (χ3v) is 7.64. The number of hydrogen-bond donors (Lipinski definition) is 3. The smallest absolute Gasteiger partial charge is 0.331 e. The second-order valence-electron chi connectivity index (χ2n) is 12.0. The quantitative estimate of drug-likeness (QED) is 0.228. The molecule has 9 heteroatoms. The monoisotopic (exact) mass is 563 g/mol. The van der Waals surface area contributed by atoms with E-state index in [0.29, 0.717) is 6.61 Å². The molecular formula is C30H49N3O5S. The van der Waals surface area contributed by atoms with Crippen LogP contribution in [0.4, 0.5) is 0 Å². The Morgan fingerprint density at radius 1 is 1.08 bits per heavy atom. The highest BCUT2D eigenvalue weighted by molar-refractivity contribution is 7.98. The number of nitrogens with one attached hydrogen (secondary N) is 2. The van der Waals surface area contributed by atoms with Crippen molar-refractivity contribution in [3.05, 3.63) is 41.5 Å². The van der Waals surface area contributed by atoms with Gasteiger partial charge in [0.2, 0.25) is 11.8 Å². The van der Waals surface area contributed by atoms with Crippen LogP contribution in [0.15, 0.2) is 35.9 Å². The third kappa shape index (κ3) is 9.57. The molecule has 0 unspecified atom stereocenters. The summed E-state index contributed by atoms with van der Waals surface area (Å²) in [5.74, 6) is 0.0709. The van der Waals surface area contributed by atoms with Crippen LogP contribution in [0.5, 0.6) is 5.75 Å². The van der Waals surface area contributed by atoms with Gasteiger partial charge in [-0.15, -0.1) is 0 Å². The molecule has 0 aliphatic heterocycles. The van der Waals surface area contributed by atoms with Crippen LogP contribution >= 0.6 is 11.8 Å². The van der Waals surface area contributed by atoms with Crippen molar-refractivity contribution in [1.29, 1.82) is 0 Å². The lowest BCUT2D eigenvalue weighted by Gasteiger charge is -2.40. The molecule has 220 valence electrons. The highest BCUT2D eigenvalue weighted by Crippen LogP contribution is 2.30. The van der Waals surface area contributed by atoms with Crippen LogP contribution in [-0.2, 0) is 19.8 Å². The Hall–Kier alpha value is -2.52. The van der Waals surface area contributed by atoms with Gasteiger partial charge >= 0.3 is 5.97 Å². The number of carbonyl (C=O) groups is 3. The standard InChI is InChI=1S/C30H49N3O5S/c1-19(2)23(18-20(3)28(36)37)33(10)27(35)25(29(4,5)6)32-26(34)24(31-9)30(7,8)21-12-14-22(15-13-21)38-16-17-39-11/h12-15,18-19,23-25,31H,16-17H2,1-11H3,(H,32,34)(H,36,37)/b20-18+/t23-,24-,25-/m1/s1. The Morgan fingerprint density at radius 2 is 1.64 bits per heavy atom. The van der Waals surface area contributed by atoms with E-state index >= 15 is 0 Å². The molecule has 0 heterocycles. The first kappa shape index (κ1) is 34.5. The van der Waals surface area contributed by atoms with E-state index < -0.39 is 34.9 Å². The predicted octanol–water partition coefficient (Wildman–Crippen LogP) is 4.34. The first-order valence-electron chi connectivity index (χ1n) is 13.4. The molecule has 0 aromatic heterocycles. The summed E-state index contributed by atoms with van der Waals surface area (Å²) in [4.78, 5) is 40.5. The number of carboxylic acid groups (broad SMARTS) is 1. The molecule has 0 saturated heterocycles. The lowest BCUT2D eigenvalue weighted by molar-refractivity contribution is -0.141. The van der Waals surface area contributed by atoms with E-state index in [-0.39, 0.29) is 23.3 Å². The Balaban J connectivity index is 3.24. The van der Waals surface area contributed by atoms with Gasteiger partial charge in [0.1, 0.15) is 11.8 Å². The fourth-order valence-electron chi connectivity index (χ4n) is 4.51. The third-order valence-electron chi connectivity index (χ3n) is 7.06. The van der Waals surface area contributed by atoms with Gasteiger partial charge in [-0.3, -0.25) is 9.59 Å². The number of carboxylic acids is 1. The minimum Gasteiger partial charge on any atom is -0.493 e. The van der Waals surface area contributed by atoms with E-state index in [4.69, 9.17) is 4.74 Å². The maximum absolute atomic E-state index is 13.8. The molecule has 0 saturated carbocycles. The number of likely N-dealkylation sites (N-methyl/N-ethyl adjacent to an activating group) is 2. The normalized spacial score (nSPS) is 14.9. The van der Waals surface area contributed by atoms with E-state index in [1.54, 1.807) is 36.8 Å². The summed E-state index contributed by atoms with van der Waals surface area (Å²) in [6, 6.07) is 5.87. The Kier molecular flexibility index (Phi) is 13.0. The van der Waals surface area contributed by atoms with Crippen molar-refractivity contribution < 1.29 is 24.2 Å². The van der Waals surface area contributed by atoms with E-state index in [1.165, 1.54) is 6.92 Å². The zero-order valence-corrected chi connectivity index (χ0v) is 26.4. The van der Waals surface area contributed by atoms with Crippen molar-refractivity contribution in [2.24, 2.45) is 11.3 Å². The van der Waals surface area contributed by atoms with Gasteiger partial charge in [0.15, 0.2) is 0 Å². The van der Waals surface area contributed by atoms with Gasteiger partial charge in [-0.1, -0.05) is 66.7 Å². The highest BCUT2D eigenvalue weighted by Gasteiger charge is 2.41. The summed E-state index contributed by atoms with van der Waals surface area (Å²) in [6.45, 7) is 15.7. The summed E-state index contributed by atoms with van der Waals surface area (Å²) in [5.41, 5.74) is -0.0660. The van der Waals surface area contributed by atoms with Crippen LogP contribution in [0.3, 0.4) is 0 Å². The van der Waals surface area contributed by atoms with Gasteiger partial charge in [-0.05, 0) is 49.3 Å². The molecule has 39 heavy (non-hydrogen) atoms. The second kappa shape index (κ2) is 14.7. The van der Waals surface area contributed by atoms with Gasteiger partial charge < -0.3 is 25.4 Å². The SMILES string of the molecule is CN[C@H](C(=O)N[C@H](C(=O)N(C)[C@H](/C=C(\C)C(=O)O)C(C)C)C(C)(C)C)C(C)(C)c1ccc(OCCSC)cc1. The lowest BCUT2D eigenvalue weighted by Crippen LogP contribution is -2.61. The van der Waals surface area contributed by atoms with Gasteiger partial charge in [0.05, 0.1) is 18.7 Å². The summed E-state index contributed by atoms with van der Waals surface area (Å²) >= 11 is 1.72. The van der Waals surface area contributed by atoms with Crippen molar-refractivity contribution in [2.75, 3.05) is 32.7 Å². The molecule has 8 nitrogen and oxygen atoms in total. The molecule has 0 aliphatic carbocycles. The van der Waals surface area contributed by atoms with Crippen molar-refractivity contribution in [2.45, 2.75) is 78.9 Å². The largest absolute Gasteiger partial charge is 0.493 e. The zero-order chi connectivity index (χ0) is 30.1. The predicted molar refractivity (Wildman–Crippen MR) is 160 cm³/mol. The molecule has 3 atom stereocenters. The average Bonchev–Trinajstić information content (AvgIpc) is 2.84. The lowest BCUT2D eigenvalue weighted by atomic mass is 9.76. The second-order valence-corrected chi connectivity index (χ2v) is 12.9. The minimum atomic E-state index is -1.03. The molecule has 0 bridgehead atoms. The number of carbonyl (C=O) groups excluding carboxylic acids is 2. The van der Waals surface area contributed by atoms with E-state index in [2.05, 4.69) is 10.6 Å². The molecule has 3 N–H and O–H groups in total. The Bertz CT molecular complexity index is 999. The Labute approximate surface area is 239 Å². The number of benzene rings is 1. The maximum Gasteiger partial charge on any atom is 0.331 e. The maximum atomic E-state index is 13.8. The summed E-state index contributed by atoms with van der Waals surface area (Å²) in [5, 5.41) is 15.5. The molecule has 1 aromatic carbocycles. The molecule has 0 fully saturated rings. The van der Waals surface area contributed by atoms with Gasteiger partial charge in [-0.25, -0.2) is 4.79 Å². The average molecular weight is 564 g/mol. The van der Waals surface area contributed by atoms with Crippen LogP contribution < -0.4 is 15.4 Å². The van der Waals surface area contributed by atoms with Gasteiger partial charge in [-0.2, -0.15) is 11.8 Å². The first-order chi connectivity index (χ1) is 18.0. The van der Waals surface area contributed by atoms with Crippen LogP contribution in [0.25, 0.3) is 0 Å². The zero-order valence-electron chi connectivity index (χ0n) is 25.5. The molecule has 0 spiro atoms. The number of hydrogen-bond acceptors (Lipinski definition) is 6. The van der Waals surface area contributed by atoms with Crippen LogP contribution in [0.2, 0.25) is 0 Å². The van der Waals surface area contributed by atoms with Crippen LogP contribution in [0, 0.1) is 11.3 Å². The fourth-order valence-corrected chi connectivity index (χ4v) is 4.76. The molecule has 1 aromatic rings. The molecule has 2 amide bonds. The number of ether oxygens (including phenoxy) is 1. The van der Waals surface area contributed by atoms with E-state index in [1.807, 2.05) is 79.0 Å². The highest BCUT2D eigenvalue weighted by atomic mass is 32.2. The Morgan fingerprint density at radius 3 is 2.08 bits per heavy atom. The van der Waals surface area contributed by atoms with Crippen LogP contribution in [-0.4, -0.2) is 78.6 Å². The molecule has 1 rings (SSSR count). The molecule has 0 radical (unpaired) electrons. The van der Waals surface area contributed by atoms with Gasteiger partial charge in [0, 0.05) is 23.8 Å². The first-order valence-corrected chi connectivity index (χ1v) is 14.8. The summed E-state index contributed by atoms with van der Waals surface area (Å²) < 4.78 is 5.77. The van der Waals surface area contributed by atoms with E-state index in [0.717, 1.165) is 17.1 Å². The number of nitrogens with zero attached hydrogens (tertiary/aromatic N) is 1. The van der Waals surface area contributed by atoms with Crippen molar-refractivity contribution >= 4 is 29.5 Å². The number of aliphatic carboxylic acids is 1. The van der Waals surface area contributed by atoms with Crippen molar-refractivity contribution in [1.82, 2.24) is 15.5 Å². The van der Waals surface area contributed by atoms with Crippen molar-refractivity contribution in [3.63, 3.8) is 0 Å². The summed E-state index contributed by atoms with van der Waals surface area (Å²) in [7, 11) is 3.39. The van der Waals surface area contributed by atoms with Crippen molar-refractivity contribution in [3.8, 4) is 5.75 Å². The topological polar surface area (TPSA) is 108 Å². The number of amides is 2. The van der Waals surface area contributed by atoms with Gasteiger partial charge in [0.25, 0.3) is 0 Å². The molecular weight excluding hydrogens is 514 g/mol. The number of thioether (sulfide) groups is 1. The summed E-state index contributed by atoms with van der Waals surface area (Å²) in [6.07, 6.45) is 3.63. The fraction of sp³-hybridized carbons (Fsp3) is 0.633. The van der Waals surface area contributed by atoms with Crippen LogP contribution in [0.1, 0.15) is 61.0 Å². The van der Waals surface area contributed by atoms with E-state index in [9.17, 15) is 19.5 Å².